The average molecular weight is 529 g/mol. The van der Waals surface area contributed by atoms with E-state index in [4.69, 9.17) is 4.74 Å². The van der Waals surface area contributed by atoms with Crippen molar-refractivity contribution in [1.82, 2.24) is 20.6 Å². The highest BCUT2D eigenvalue weighted by atomic mass is 127. The fraction of sp³-hybridized carbons (Fsp3) is 0.471. The summed E-state index contributed by atoms with van der Waals surface area (Å²) in [5, 5.41) is 7.31. The molecule has 2 aromatic heterocycles. The molecule has 0 bridgehead atoms. The molecule has 0 spiro atoms. The van der Waals surface area contributed by atoms with Gasteiger partial charge >= 0.3 is 6.18 Å². The Morgan fingerprint density at radius 1 is 1.29 bits per heavy atom. The van der Waals surface area contributed by atoms with E-state index in [9.17, 15) is 13.2 Å². The Balaban J connectivity index is 0.00000392. The van der Waals surface area contributed by atoms with Gasteiger partial charge in [0.25, 0.3) is 0 Å². The lowest BCUT2D eigenvalue weighted by atomic mass is 10.3. The summed E-state index contributed by atoms with van der Waals surface area (Å²) in [4.78, 5) is 13.8. The van der Waals surface area contributed by atoms with Crippen LogP contribution in [0.25, 0.3) is 0 Å². The Bertz CT molecular complexity index is 782. The average Bonchev–Trinajstić information content (AvgIpc) is 2.93. The number of aryl methyl sites for hydroxylation is 2. The largest absolute Gasteiger partial charge is 0.468 e. The van der Waals surface area contributed by atoms with Gasteiger partial charge in [0.15, 0.2) is 12.6 Å². The second kappa shape index (κ2) is 11.4. The van der Waals surface area contributed by atoms with Crippen LogP contribution in [0.1, 0.15) is 28.1 Å². The lowest BCUT2D eigenvalue weighted by Crippen LogP contribution is -2.36. The summed E-state index contributed by atoms with van der Waals surface area (Å²) in [6, 6.07) is 3.28. The van der Waals surface area contributed by atoms with Crippen LogP contribution in [-0.4, -0.2) is 35.3 Å². The summed E-state index contributed by atoms with van der Waals surface area (Å²) in [7, 11) is 0. The van der Waals surface area contributed by atoms with E-state index < -0.39 is 12.8 Å². The molecule has 0 saturated heterocycles. The Morgan fingerprint density at radius 3 is 2.64 bits per heavy atom. The van der Waals surface area contributed by atoms with Crippen LogP contribution in [0.2, 0.25) is 0 Å². The predicted molar refractivity (Wildman–Crippen MR) is 114 cm³/mol. The first-order valence-corrected chi connectivity index (χ1v) is 9.18. The van der Waals surface area contributed by atoms with Crippen LogP contribution in [0, 0.1) is 13.8 Å². The van der Waals surface area contributed by atoms with Gasteiger partial charge in [-0.15, -0.1) is 35.3 Å². The van der Waals surface area contributed by atoms with E-state index in [-0.39, 0.29) is 36.4 Å². The molecular formula is C17H23F3IN5OS. The maximum absolute atomic E-state index is 12.4. The van der Waals surface area contributed by atoms with E-state index in [0.717, 1.165) is 15.6 Å². The second-order valence-corrected chi connectivity index (χ2v) is 6.95. The highest BCUT2D eigenvalue weighted by Gasteiger charge is 2.29. The third-order valence-corrected chi connectivity index (χ3v) is 4.46. The van der Waals surface area contributed by atoms with Crippen LogP contribution in [-0.2, 0) is 13.1 Å². The standard InChI is InChI=1S/C17H22F3N5OS.HI/c1-4-21-16(24-9-14-11(2)25-12(3)27-14)23-8-13-6-5-7-22-15(13)26-10-17(18,19)20;/h5-7H,4,8-10H2,1-3H3,(H2,21,23,24);1H. The Morgan fingerprint density at radius 2 is 2.04 bits per heavy atom. The van der Waals surface area contributed by atoms with Gasteiger partial charge in [0, 0.05) is 23.2 Å². The Labute approximate surface area is 183 Å². The molecule has 0 unspecified atom stereocenters. The van der Waals surface area contributed by atoms with Gasteiger partial charge in [0.1, 0.15) is 0 Å². The maximum atomic E-state index is 12.4. The first-order chi connectivity index (χ1) is 12.8. The van der Waals surface area contributed by atoms with Gasteiger partial charge in [-0.3, -0.25) is 0 Å². The van der Waals surface area contributed by atoms with Crippen molar-refractivity contribution >= 4 is 41.3 Å². The Kier molecular flexibility index (Phi) is 9.93. The van der Waals surface area contributed by atoms with Crippen molar-refractivity contribution in [1.29, 1.82) is 0 Å². The van der Waals surface area contributed by atoms with Crippen molar-refractivity contribution in [3.05, 3.63) is 39.5 Å². The Hall–Kier alpha value is -1.63. The number of nitrogens with zero attached hydrogens (tertiary/aromatic N) is 3. The van der Waals surface area contributed by atoms with Crippen molar-refractivity contribution in [3.63, 3.8) is 0 Å². The highest BCUT2D eigenvalue weighted by molar-refractivity contribution is 14.0. The minimum atomic E-state index is -4.42. The number of hydrogen-bond acceptors (Lipinski definition) is 5. The zero-order chi connectivity index (χ0) is 19.9. The minimum absolute atomic E-state index is 0. The number of rotatable bonds is 7. The zero-order valence-corrected chi connectivity index (χ0v) is 18.9. The van der Waals surface area contributed by atoms with Crippen LogP contribution < -0.4 is 15.4 Å². The number of ether oxygens (including phenoxy) is 1. The van der Waals surface area contributed by atoms with Gasteiger partial charge in [-0.1, -0.05) is 6.07 Å². The summed E-state index contributed by atoms with van der Waals surface area (Å²) in [6.45, 7) is 5.79. The van der Waals surface area contributed by atoms with Crippen molar-refractivity contribution in [3.8, 4) is 5.88 Å². The first kappa shape index (κ1) is 24.4. The third-order valence-electron chi connectivity index (χ3n) is 3.39. The van der Waals surface area contributed by atoms with Crippen molar-refractivity contribution < 1.29 is 17.9 Å². The number of halogens is 4. The van der Waals surface area contributed by atoms with Crippen LogP contribution >= 0.6 is 35.3 Å². The number of guanidine groups is 1. The molecular weight excluding hydrogens is 506 g/mol. The molecule has 0 amide bonds. The lowest BCUT2D eigenvalue weighted by Gasteiger charge is -2.13. The smallest absolute Gasteiger partial charge is 0.422 e. The summed E-state index contributed by atoms with van der Waals surface area (Å²) < 4.78 is 41.9. The molecule has 2 aromatic rings. The summed E-state index contributed by atoms with van der Waals surface area (Å²) in [5.41, 5.74) is 1.44. The van der Waals surface area contributed by atoms with E-state index in [2.05, 4.69) is 25.6 Å². The molecule has 2 rings (SSSR count). The number of aliphatic imine (C=N–C) groups is 1. The van der Waals surface area contributed by atoms with Gasteiger partial charge in [-0.2, -0.15) is 13.2 Å². The zero-order valence-electron chi connectivity index (χ0n) is 15.8. The van der Waals surface area contributed by atoms with E-state index in [1.807, 2.05) is 20.8 Å². The van der Waals surface area contributed by atoms with Crippen molar-refractivity contribution in [2.45, 2.75) is 40.0 Å². The van der Waals surface area contributed by atoms with Gasteiger partial charge in [-0.25, -0.2) is 15.0 Å². The van der Waals surface area contributed by atoms with E-state index in [0.29, 0.717) is 24.6 Å². The summed E-state index contributed by atoms with van der Waals surface area (Å²) >= 11 is 1.61. The monoisotopic (exact) mass is 529 g/mol. The molecule has 28 heavy (non-hydrogen) atoms. The molecule has 156 valence electrons. The molecule has 2 N–H and O–H groups in total. The van der Waals surface area contributed by atoms with Crippen LogP contribution in [0.5, 0.6) is 5.88 Å². The molecule has 0 radical (unpaired) electrons. The fourth-order valence-corrected chi connectivity index (χ4v) is 3.11. The van der Waals surface area contributed by atoms with Gasteiger partial charge in [0.2, 0.25) is 5.88 Å². The summed E-state index contributed by atoms with van der Waals surface area (Å²) in [5.74, 6) is 0.483. The number of thiazole rings is 1. The lowest BCUT2D eigenvalue weighted by molar-refractivity contribution is -0.154. The minimum Gasteiger partial charge on any atom is -0.468 e. The number of aromatic nitrogens is 2. The molecule has 0 aromatic carbocycles. The van der Waals surface area contributed by atoms with Gasteiger partial charge in [0.05, 0.1) is 23.8 Å². The number of pyridine rings is 1. The molecule has 11 heteroatoms. The molecule has 0 atom stereocenters. The normalized spacial score (nSPS) is 11.7. The van der Waals surface area contributed by atoms with E-state index in [1.165, 1.54) is 6.20 Å². The predicted octanol–water partition coefficient (Wildman–Crippen LogP) is 3.97. The maximum Gasteiger partial charge on any atom is 0.422 e. The number of hydrogen-bond donors (Lipinski definition) is 2. The fourth-order valence-electron chi connectivity index (χ4n) is 2.23. The quantitative estimate of drug-likeness (QED) is 0.323. The summed E-state index contributed by atoms with van der Waals surface area (Å²) in [6.07, 6.45) is -3.03. The molecule has 0 fully saturated rings. The van der Waals surface area contributed by atoms with Gasteiger partial charge in [-0.05, 0) is 26.8 Å². The molecule has 0 aliphatic heterocycles. The molecule has 0 aliphatic carbocycles. The second-order valence-electron chi connectivity index (χ2n) is 5.66. The SMILES string of the molecule is CCNC(=NCc1cccnc1OCC(F)(F)F)NCc1sc(C)nc1C.I. The van der Waals surface area contributed by atoms with Crippen LogP contribution in [0.4, 0.5) is 13.2 Å². The molecule has 0 saturated carbocycles. The molecule has 0 aliphatic rings. The highest BCUT2D eigenvalue weighted by Crippen LogP contribution is 2.20. The van der Waals surface area contributed by atoms with Gasteiger partial charge < -0.3 is 15.4 Å². The van der Waals surface area contributed by atoms with Crippen LogP contribution in [0.15, 0.2) is 23.3 Å². The van der Waals surface area contributed by atoms with Crippen molar-refractivity contribution in [2.75, 3.05) is 13.2 Å². The topological polar surface area (TPSA) is 71.4 Å². The van der Waals surface area contributed by atoms with E-state index in [1.54, 1.807) is 23.5 Å². The number of nitrogens with one attached hydrogen (secondary N) is 2. The van der Waals surface area contributed by atoms with E-state index >= 15 is 0 Å². The molecule has 2 heterocycles. The third kappa shape index (κ3) is 8.17. The molecule has 6 nitrogen and oxygen atoms in total. The van der Waals surface area contributed by atoms with Crippen LogP contribution in [0.3, 0.4) is 0 Å². The first-order valence-electron chi connectivity index (χ1n) is 8.37. The number of alkyl halides is 3. The van der Waals surface area contributed by atoms with Crippen molar-refractivity contribution in [2.24, 2.45) is 4.99 Å².